The van der Waals surface area contributed by atoms with Crippen LogP contribution in [0.1, 0.15) is 45.6 Å². The minimum atomic E-state index is -1.04. The highest BCUT2D eigenvalue weighted by Crippen LogP contribution is 2.34. The van der Waals surface area contributed by atoms with Crippen molar-refractivity contribution in [3.05, 3.63) is 77.1 Å². The number of rotatable bonds is 5. The number of hydrogen-bond donors (Lipinski definition) is 1. The lowest BCUT2D eigenvalue weighted by molar-refractivity contribution is 0.0696. The molecule has 36 heavy (non-hydrogen) atoms. The number of amides is 1. The van der Waals surface area contributed by atoms with Crippen LogP contribution in [0.15, 0.2) is 60.9 Å². The highest BCUT2D eigenvalue weighted by atomic mass is 32.1. The molecule has 0 atom stereocenters. The van der Waals surface area contributed by atoms with E-state index in [1.54, 1.807) is 17.3 Å². The van der Waals surface area contributed by atoms with Crippen LogP contribution in [-0.4, -0.2) is 41.7 Å². The number of nitrogens with zero attached hydrogens (tertiary/aromatic N) is 6. The van der Waals surface area contributed by atoms with E-state index in [1.807, 2.05) is 66.9 Å². The third kappa shape index (κ3) is 3.62. The highest BCUT2D eigenvalue weighted by Gasteiger charge is 2.30. The molecular weight excluding hydrogens is 476 g/mol. The second kappa shape index (κ2) is 8.35. The monoisotopic (exact) mass is 496 g/mol. The van der Waals surface area contributed by atoms with Gasteiger partial charge in [0.15, 0.2) is 5.82 Å². The molecule has 0 radical (unpaired) electrons. The molecule has 178 valence electrons. The van der Waals surface area contributed by atoms with Crippen LogP contribution in [0.2, 0.25) is 0 Å². The fourth-order valence-electron chi connectivity index (χ4n) is 4.36. The maximum atomic E-state index is 13.4. The molecule has 0 spiro atoms. The van der Waals surface area contributed by atoms with Gasteiger partial charge >= 0.3 is 5.97 Å². The SMILES string of the molecule is CC(C)n1cnnc1-c1cccc(N2Cc3ccc(-c4ccc5nc(C(=O)O)sc5c4)cc3C2=O)n1. The van der Waals surface area contributed by atoms with E-state index in [1.165, 1.54) is 0 Å². The minimum absolute atomic E-state index is 0.0586. The molecule has 0 fully saturated rings. The Morgan fingerprint density at radius 2 is 1.86 bits per heavy atom. The van der Waals surface area contributed by atoms with E-state index >= 15 is 0 Å². The summed E-state index contributed by atoms with van der Waals surface area (Å²) in [5.41, 5.74) is 4.62. The van der Waals surface area contributed by atoms with Crippen molar-refractivity contribution in [1.82, 2.24) is 24.7 Å². The smallest absolute Gasteiger partial charge is 0.365 e. The number of fused-ring (bicyclic) bond motifs is 2. The number of carboxylic acid groups (broad SMARTS) is 1. The van der Waals surface area contributed by atoms with Gasteiger partial charge in [-0.05, 0) is 60.9 Å². The molecule has 0 bridgehead atoms. The highest BCUT2D eigenvalue weighted by molar-refractivity contribution is 7.20. The molecule has 4 heterocycles. The van der Waals surface area contributed by atoms with Gasteiger partial charge in [-0.25, -0.2) is 14.8 Å². The number of carbonyl (C=O) groups is 2. The first-order chi connectivity index (χ1) is 17.4. The number of thiazole rings is 1. The van der Waals surface area contributed by atoms with Crippen molar-refractivity contribution >= 4 is 39.2 Å². The summed E-state index contributed by atoms with van der Waals surface area (Å²) in [6, 6.07) is 17.2. The van der Waals surface area contributed by atoms with Gasteiger partial charge < -0.3 is 9.67 Å². The summed E-state index contributed by atoms with van der Waals surface area (Å²) in [4.78, 5) is 35.2. The maximum absolute atomic E-state index is 13.4. The summed E-state index contributed by atoms with van der Waals surface area (Å²) in [5.74, 6) is 0.0561. The largest absolute Gasteiger partial charge is 0.476 e. The van der Waals surface area contributed by atoms with Crippen LogP contribution in [-0.2, 0) is 6.54 Å². The van der Waals surface area contributed by atoms with Crippen molar-refractivity contribution in [1.29, 1.82) is 0 Å². The van der Waals surface area contributed by atoms with Gasteiger partial charge in [-0.15, -0.1) is 21.5 Å². The molecule has 0 saturated carbocycles. The summed E-state index contributed by atoms with van der Waals surface area (Å²) in [5, 5.41) is 17.5. The average Bonchev–Trinajstić information content (AvgIpc) is 3.61. The van der Waals surface area contributed by atoms with Gasteiger partial charge in [-0.3, -0.25) is 9.69 Å². The summed E-state index contributed by atoms with van der Waals surface area (Å²) in [6.07, 6.45) is 1.68. The first kappa shape index (κ1) is 22.1. The van der Waals surface area contributed by atoms with Crippen LogP contribution in [0, 0.1) is 0 Å². The normalized spacial score (nSPS) is 13.1. The summed E-state index contributed by atoms with van der Waals surface area (Å²) in [7, 11) is 0. The number of hydrogen-bond acceptors (Lipinski definition) is 7. The molecule has 0 aliphatic carbocycles. The van der Waals surface area contributed by atoms with Crippen LogP contribution < -0.4 is 4.90 Å². The van der Waals surface area contributed by atoms with E-state index in [0.717, 1.165) is 32.7 Å². The number of aromatic nitrogens is 5. The van der Waals surface area contributed by atoms with Crippen molar-refractivity contribution in [2.24, 2.45) is 0 Å². The van der Waals surface area contributed by atoms with Gasteiger partial charge in [-0.1, -0.05) is 24.3 Å². The van der Waals surface area contributed by atoms with Crippen molar-refractivity contribution in [3.8, 4) is 22.6 Å². The molecule has 5 aromatic rings. The van der Waals surface area contributed by atoms with E-state index in [0.29, 0.717) is 35.0 Å². The lowest BCUT2D eigenvalue weighted by Crippen LogP contribution is -2.24. The third-order valence-electron chi connectivity index (χ3n) is 6.19. The average molecular weight is 497 g/mol. The van der Waals surface area contributed by atoms with E-state index in [4.69, 9.17) is 4.98 Å². The fraction of sp³-hybridized carbons (Fsp3) is 0.154. The van der Waals surface area contributed by atoms with Crippen molar-refractivity contribution < 1.29 is 14.7 Å². The Bertz CT molecular complexity index is 1670. The Hall–Kier alpha value is -4.44. The molecular formula is C26H20N6O3S. The van der Waals surface area contributed by atoms with Gasteiger partial charge in [-0.2, -0.15) is 0 Å². The Morgan fingerprint density at radius 3 is 2.67 bits per heavy atom. The molecule has 10 heteroatoms. The molecule has 6 rings (SSSR count). The molecule has 3 aromatic heterocycles. The first-order valence-electron chi connectivity index (χ1n) is 11.3. The van der Waals surface area contributed by atoms with Gasteiger partial charge in [0.2, 0.25) is 5.01 Å². The van der Waals surface area contributed by atoms with Crippen LogP contribution in [0.25, 0.3) is 32.9 Å². The molecule has 2 aromatic carbocycles. The molecule has 1 aliphatic heterocycles. The Labute approximate surface area is 209 Å². The summed E-state index contributed by atoms with van der Waals surface area (Å²) in [6.45, 7) is 4.52. The van der Waals surface area contributed by atoms with E-state index < -0.39 is 5.97 Å². The number of benzene rings is 2. The van der Waals surface area contributed by atoms with Crippen LogP contribution in [0.5, 0.6) is 0 Å². The second-order valence-electron chi connectivity index (χ2n) is 8.81. The van der Waals surface area contributed by atoms with Gasteiger partial charge in [0.1, 0.15) is 17.8 Å². The molecule has 0 unspecified atom stereocenters. The minimum Gasteiger partial charge on any atom is -0.476 e. The number of carbonyl (C=O) groups excluding carboxylic acids is 1. The second-order valence-corrected chi connectivity index (χ2v) is 9.84. The zero-order valence-corrected chi connectivity index (χ0v) is 20.2. The zero-order valence-electron chi connectivity index (χ0n) is 19.4. The molecule has 9 nitrogen and oxygen atoms in total. The van der Waals surface area contributed by atoms with E-state index in [2.05, 4.69) is 15.2 Å². The number of pyridine rings is 1. The number of anilines is 1. The van der Waals surface area contributed by atoms with Crippen molar-refractivity contribution in [2.45, 2.75) is 26.4 Å². The first-order valence-corrected chi connectivity index (χ1v) is 12.2. The van der Waals surface area contributed by atoms with E-state index in [-0.39, 0.29) is 17.0 Å². The van der Waals surface area contributed by atoms with Crippen molar-refractivity contribution in [2.75, 3.05) is 4.90 Å². The number of carboxylic acids is 1. The quantitative estimate of drug-likeness (QED) is 0.362. The molecule has 1 aliphatic rings. The summed E-state index contributed by atoms with van der Waals surface area (Å²) >= 11 is 1.14. The standard InChI is InChI=1S/C26H20N6O3S/c1-14(2)32-13-27-30-23(32)20-4-3-5-22(28-20)31-12-17-7-6-15(10-18(17)25(31)33)16-8-9-19-21(11-16)36-24(29-19)26(34)35/h3-11,13-14H,12H2,1-2H3,(H,34,35). The zero-order chi connectivity index (χ0) is 25.0. The van der Waals surface area contributed by atoms with Crippen LogP contribution in [0.3, 0.4) is 0 Å². The summed E-state index contributed by atoms with van der Waals surface area (Å²) < 4.78 is 2.73. The third-order valence-corrected chi connectivity index (χ3v) is 7.19. The van der Waals surface area contributed by atoms with Crippen LogP contribution in [0.4, 0.5) is 5.82 Å². The van der Waals surface area contributed by atoms with Crippen molar-refractivity contribution in [3.63, 3.8) is 0 Å². The predicted molar refractivity (Wildman–Crippen MR) is 136 cm³/mol. The molecule has 1 N–H and O–H groups in total. The van der Waals surface area contributed by atoms with Gasteiger partial charge in [0, 0.05) is 11.6 Å². The topological polar surface area (TPSA) is 114 Å². The van der Waals surface area contributed by atoms with Gasteiger partial charge in [0.25, 0.3) is 5.91 Å². The molecule has 1 amide bonds. The lowest BCUT2D eigenvalue weighted by atomic mass is 10.0. The predicted octanol–water partition coefficient (Wildman–Crippen LogP) is 5.06. The Balaban J connectivity index is 1.32. The maximum Gasteiger partial charge on any atom is 0.365 e. The Morgan fingerprint density at radius 1 is 1.06 bits per heavy atom. The molecule has 0 saturated heterocycles. The van der Waals surface area contributed by atoms with Gasteiger partial charge in [0.05, 0.1) is 16.8 Å². The Kier molecular flexibility index (Phi) is 5.11. The van der Waals surface area contributed by atoms with Crippen LogP contribution >= 0.6 is 11.3 Å². The fourth-order valence-corrected chi connectivity index (χ4v) is 5.21. The lowest BCUT2D eigenvalue weighted by Gasteiger charge is -2.16. The number of aromatic carboxylic acids is 1. The van der Waals surface area contributed by atoms with E-state index in [9.17, 15) is 14.7 Å².